The minimum Gasteiger partial charge on any atom is -0.480 e. The number of aliphatic hydroxyl groups is 1. The summed E-state index contributed by atoms with van der Waals surface area (Å²) >= 11 is 0. The van der Waals surface area contributed by atoms with Gasteiger partial charge in [0.1, 0.15) is 6.04 Å². The molecule has 2 atom stereocenters. The second-order valence-corrected chi connectivity index (χ2v) is 4.26. The van der Waals surface area contributed by atoms with Crippen LogP contribution in [0.3, 0.4) is 0 Å². The van der Waals surface area contributed by atoms with E-state index in [1.54, 1.807) is 0 Å². The topological polar surface area (TPSA) is 60.8 Å². The first-order valence-electron chi connectivity index (χ1n) is 5.54. The second kappa shape index (κ2) is 5.68. The second-order valence-electron chi connectivity index (χ2n) is 4.26. The number of carboxylic acid groups (broad SMARTS) is 1. The Morgan fingerprint density at radius 1 is 1.35 bits per heavy atom. The largest absolute Gasteiger partial charge is 0.480 e. The van der Waals surface area contributed by atoms with Gasteiger partial charge in [-0.15, -0.1) is 0 Å². The van der Waals surface area contributed by atoms with E-state index in [4.69, 9.17) is 10.2 Å². The first-order valence-corrected chi connectivity index (χ1v) is 5.54. The lowest BCUT2D eigenvalue weighted by Gasteiger charge is -2.29. The lowest BCUT2D eigenvalue weighted by Crippen LogP contribution is -2.48. The average molecular weight is 255 g/mol. The number of halogens is 3. The van der Waals surface area contributed by atoms with Gasteiger partial charge in [0.05, 0.1) is 0 Å². The Morgan fingerprint density at radius 2 is 2.00 bits per heavy atom. The molecule has 4 nitrogen and oxygen atoms in total. The summed E-state index contributed by atoms with van der Waals surface area (Å²) < 4.78 is 36.6. The van der Waals surface area contributed by atoms with Crippen LogP contribution < -0.4 is 0 Å². The highest BCUT2D eigenvalue weighted by atomic mass is 19.4. The molecule has 0 aromatic carbocycles. The fraction of sp³-hybridized carbons (Fsp3) is 0.900. The number of likely N-dealkylation sites (tertiary alicyclic amines) is 1. The van der Waals surface area contributed by atoms with Crippen molar-refractivity contribution >= 4 is 5.97 Å². The van der Waals surface area contributed by atoms with Crippen molar-refractivity contribution in [2.45, 2.75) is 44.0 Å². The first-order chi connectivity index (χ1) is 7.82. The summed E-state index contributed by atoms with van der Waals surface area (Å²) in [4.78, 5) is 12.2. The van der Waals surface area contributed by atoms with Crippen molar-refractivity contribution in [2.75, 3.05) is 13.1 Å². The van der Waals surface area contributed by atoms with Gasteiger partial charge in [0.25, 0.3) is 0 Å². The molecule has 1 aliphatic heterocycles. The van der Waals surface area contributed by atoms with Crippen LogP contribution in [0.4, 0.5) is 13.2 Å². The SMILES string of the molecule is O=C(O)C1CCCCCN1CC(O)C(F)(F)F. The first kappa shape index (κ1) is 14.2. The van der Waals surface area contributed by atoms with Gasteiger partial charge >= 0.3 is 12.1 Å². The lowest BCUT2D eigenvalue weighted by atomic mass is 10.1. The predicted molar refractivity (Wildman–Crippen MR) is 53.5 cm³/mol. The smallest absolute Gasteiger partial charge is 0.415 e. The summed E-state index contributed by atoms with van der Waals surface area (Å²) in [7, 11) is 0. The molecule has 17 heavy (non-hydrogen) atoms. The molecule has 0 aromatic rings. The number of β-amino-alcohol motifs (C(OH)–C–C–N with tert-alkyl or cyclic N) is 1. The van der Waals surface area contributed by atoms with Crippen LogP contribution in [0.25, 0.3) is 0 Å². The number of aliphatic hydroxyl groups excluding tert-OH is 1. The number of rotatable bonds is 3. The van der Waals surface area contributed by atoms with Crippen molar-refractivity contribution in [3.63, 3.8) is 0 Å². The minimum absolute atomic E-state index is 0.282. The maximum absolute atomic E-state index is 12.2. The van der Waals surface area contributed by atoms with Crippen molar-refractivity contribution in [1.29, 1.82) is 0 Å². The van der Waals surface area contributed by atoms with E-state index in [1.807, 2.05) is 0 Å². The van der Waals surface area contributed by atoms with Crippen LogP contribution in [0.1, 0.15) is 25.7 Å². The van der Waals surface area contributed by atoms with Crippen LogP contribution in [-0.2, 0) is 4.79 Å². The van der Waals surface area contributed by atoms with Crippen LogP contribution in [0, 0.1) is 0 Å². The summed E-state index contributed by atoms with van der Waals surface area (Å²) in [6, 6.07) is -0.922. The summed E-state index contributed by atoms with van der Waals surface area (Å²) in [5.74, 6) is -1.12. The van der Waals surface area contributed by atoms with Crippen molar-refractivity contribution in [3.8, 4) is 0 Å². The number of hydrogen-bond acceptors (Lipinski definition) is 3. The molecular formula is C10H16F3NO3. The van der Waals surface area contributed by atoms with Gasteiger partial charge in [0.2, 0.25) is 0 Å². The van der Waals surface area contributed by atoms with E-state index in [2.05, 4.69) is 0 Å². The Balaban J connectivity index is 2.67. The Labute approximate surface area is 97.0 Å². The molecule has 100 valence electrons. The molecule has 1 fully saturated rings. The third-order valence-corrected chi connectivity index (χ3v) is 2.93. The van der Waals surface area contributed by atoms with Gasteiger partial charge in [0, 0.05) is 6.54 Å². The monoisotopic (exact) mass is 255 g/mol. The molecule has 0 radical (unpaired) electrons. The molecule has 0 aliphatic carbocycles. The standard InChI is InChI=1S/C10H16F3NO3/c11-10(12,13)8(15)6-14-5-3-1-2-4-7(14)9(16)17/h7-8,15H,1-6H2,(H,16,17). The van der Waals surface area contributed by atoms with Gasteiger partial charge in [-0.05, 0) is 19.4 Å². The number of hydrogen-bond donors (Lipinski definition) is 2. The van der Waals surface area contributed by atoms with E-state index in [1.165, 1.54) is 4.90 Å². The van der Waals surface area contributed by atoms with Crippen LogP contribution in [0.5, 0.6) is 0 Å². The highest BCUT2D eigenvalue weighted by molar-refractivity contribution is 5.73. The zero-order chi connectivity index (χ0) is 13.1. The van der Waals surface area contributed by atoms with Crippen LogP contribution in [-0.4, -0.2) is 52.5 Å². The molecule has 1 aliphatic rings. The number of alkyl halides is 3. The number of carbonyl (C=O) groups is 1. The van der Waals surface area contributed by atoms with Crippen molar-refractivity contribution in [1.82, 2.24) is 4.90 Å². The molecule has 1 saturated heterocycles. The maximum Gasteiger partial charge on any atom is 0.415 e. The molecule has 0 bridgehead atoms. The molecule has 0 aromatic heterocycles. The number of aliphatic carboxylic acids is 1. The quantitative estimate of drug-likeness (QED) is 0.796. The molecule has 2 unspecified atom stereocenters. The molecule has 0 saturated carbocycles. The minimum atomic E-state index is -4.70. The number of nitrogens with zero attached hydrogens (tertiary/aromatic N) is 1. The highest BCUT2D eigenvalue weighted by Gasteiger charge is 2.41. The van der Waals surface area contributed by atoms with E-state index < -0.39 is 30.8 Å². The van der Waals surface area contributed by atoms with Gasteiger partial charge in [-0.2, -0.15) is 13.2 Å². The van der Waals surface area contributed by atoms with E-state index >= 15 is 0 Å². The van der Waals surface area contributed by atoms with Crippen LogP contribution >= 0.6 is 0 Å². The van der Waals surface area contributed by atoms with E-state index in [9.17, 15) is 18.0 Å². The molecule has 0 amide bonds. The van der Waals surface area contributed by atoms with Gasteiger partial charge < -0.3 is 10.2 Å². The fourth-order valence-electron chi connectivity index (χ4n) is 1.99. The fourth-order valence-corrected chi connectivity index (χ4v) is 1.99. The summed E-state index contributed by atoms with van der Waals surface area (Å²) in [5, 5.41) is 17.9. The zero-order valence-electron chi connectivity index (χ0n) is 9.28. The highest BCUT2D eigenvalue weighted by Crippen LogP contribution is 2.24. The van der Waals surface area contributed by atoms with Gasteiger partial charge in [-0.1, -0.05) is 12.8 Å². The lowest BCUT2D eigenvalue weighted by molar-refractivity contribution is -0.210. The molecular weight excluding hydrogens is 239 g/mol. The predicted octanol–water partition coefficient (Wildman–Crippen LogP) is 1.24. The molecule has 7 heteroatoms. The molecule has 0 spiro atoms. The third-order valence-electron chi connectivity index (χ3n) is 2.93. The normalized spacial score (nSPS) is 25.3. The number of carboxylic acids is 1. The van der Waals surface area contributed by atoms with Crippen LogP contribution in [0.2, 0.25) is 0 Å². The Kier molecular flexibility index (Phi) is 4.76. The Hall–Kier alpha value is -0.820. The van der Waals surface area contributed by atoms with Gasteiger partial charge in [0.15, 0.2) is 6.10 Å². The maximum atomic E-state index is 12.2. The van der Waals surface area contributed by atoms with Crippen molar-refractivity contribution < 1.29 is 28.2 Å². The Morgan fingerprint density at radius 3 is 2.53 bits per heavy atom. The van der Waals surface area contributed by atoms with Crippen LogP contribution in [0.15, 0.2) is 0 Å². The molecule has 2 N–H and O–H groups in total. The van der Waals surface area contributed by atoms with Crippen molar-refractivity contribution in [2.24, 2.45) is 0 Å². The average Bonchev–Trinajstić information content (AvgIpc) is 2.41. The van der Waals surface area contributed by atoms with E-state index in [0.717, 1.165) is 6.42 Å². The molecule has 1 rings (SSSR count). The van der Waals surface area contributed by atoms with Gasteiger partial charge in [-0.3, -0.25) is 9.69 Å². The zero-order valence-corrected chi connectivity index (χ0v) is 9.28. The summed E-state index contributed by atoms with van der Waals surface area (Å²) in [5.41, 5.74) is 0. The van der Waals surface area contributed by atoms with E-state index in [0.29, 0.717) is 19.3 Å². The third kappa shape index (κ3) is 4.16. The Bertz CT molecular complexity index is 270. The van der Waals surface area contributed by atoms with Crippen molar-refractivity contribution in [3.05, 3.63) is 0 Å². The summed E-state index contributed by atoms with van der Waals surface area (Å²) in [6.07, 6.45) is -4.69. The summed E-state index contributed by atoms with van der Waals surface area (Å²) in [6.45, 7) is -0.384. The molecule has 1 heterocycles. The van der Waals surface area contributed by atoms with Gasteiger partial charge in [-0.25, -0.2) is 0 Å². The van der Waals surface area contributed by atoms with E-state index in [-0.39, 0.29) is 6.54 Å².